The monoisotopic (exact) mass is 1090 g/mol. The molecular formula is C69H123NO8. The number of hydrogen-bond donors (Lipinski definition) is 6. The smallest absolute Gasteiger partial charge is 0.220 e. The number of ether oxygens (including phenoxy) is 2. The van der Waals surface area contributed by atoms with Crippen molar-refractivity contribution in [2.24, 2.45) is 0 Å². The van der Waals surface area contributed by atoms with Gasteiger partial charge in [-0.05, 0) is 83.5 Å². The number of allylic oxidation sites excluding steroid dienone is 13. The summed E-state index contributed by atoms with van der Waals surface area (Å²) in [5.41, 5.74) is 0. The molecule has 0 bridgehead atoms. The van der Waals surface area contributed by atoms with Crippen LogP contribution in [0.25, 0.3) is 0 Å². The lowest BCUT2D eigenvalue weighted by Crippen LogP contribution is -2.60. The summed E-state index contributed by atoms with van der Waals surface area (Å²) in [6.07, 6.45) is 75.5. The van der Waals surface area contributed by atoms with Crippen LogP contribution in [0, 0.1) is 0 Å². The Morgan fingerprint density at radius 3 is 1.23 bits per heavy atom. The summed E-state index contributed by atoms with van der Waals surface area (Å²) in [5, 5.41) is 54.5. The van der Waals surface area contributed by atoms with Crippen molar-refractivity contribution in [1.29, 1.82) is 0 Å². The SMILES string of the molecule is CC/C=C\C/C=C\C/C=C\C/C=C\CCCCCCCCCCCCCCCCCCCCCCCCCCCCC(=O)NC(COC1OC(CO)C(O)C(O)C1O)C(O)/C=C/CC/C=C/CC/C=C/CCCCCCCC. The van der Waals surface area contributed by atoms with Gasteiger partial charge in [0, 0.05) is 6.42 Å². The number of hydrogen-bond acceptors (Lipinski definition) is 8. The minimum atomic E-state index is -1.58. The summed E-state index contributed by atoms with van der Waals surface area (Å²) in [7, 11) is 0. The van der Waals surface area contributed by atoms with Gasteiger partial charge in [0.2, 0.25) is 5.91 Å². The van der Waals surface area contributed by atoms with E-state index in [1.54, 1.807) is 6.08 Å². The fourth-order valence-corrected chi connectivity index (χ4v) is 10.1. The van der Waals surface area contributed by atoms with E-state index in [0.29, 0.717) is 6.42 Å². The molecule has 7 atom stereocenters. The van der Waals surface area contributed by atoms with E-state index >= 15 is 0 Å². The number of aliphatic hydroxyl groups excluding tert-OH is 5. The summed E-state index contributed by atoms with van der Waals surface area (Å²) in [5.74, 6) is -0.188. The van der Waals surface area contributed by atoms with Crippen LogP contribution in [0.15, 0.2) is 85.1 Å². The fraction of sp³-hybridized carbons (Fsp3) is 0.783. The zero-order valence-electron chi connectivity index (χ0n) is 50.4. The van der Waals surface area contributed by atoms with Crippen LogP contribution >= 0.6 is 0 Å². The topological polar surface area (TPSA) is 149 Å². The van der Waals surface area contributed by atoms with Gasteiger partial charge in [-0.2, -0.15) is 0 Å². The Morgan fingerprint density at radius 2 is 0.808 bits per heavy atom. The van der Waals surface area contributed by atoms with Crippen molar-refractivity contribution >= 4 is 5.91 Å². The zero-order chi connectivity index (χ0) is 56.5. The molecular weight excluding hydrogens is 971 g/mol. The molecule has 1 fully saturated rings. The average Bonchev–Trinajstić information content (AvgIpc) is 3.45. The van der Waals surface area contributed by atoms with Crippen molar-refractivity contribution in [3.05, 3.63) is 85.1 Å². The molecule has 1 aliphatic rings. The molecule has 0 saturated carbocycles. The van der Waals surface area contributed by atoms with E-state index in [1.165, 1.54) is 193 Å². The highest BCUT2D eigenvalue weighted by atomic mass is 16.7. The summed E-state index contributed by atoms with van der Waals surface area (Å²) < 4.78 is 11.3. The molecule has 78 heavy (non-hydrogen) atoms. The molecule has 0 aromatic heterocycles. The normalized spacial score (nSPS) is 19.2. The van der Waals surface area contributed by atoms with Crippen molar-refractivity contribution in [3.8, 4) is 0 Å². The molecule has 0 aromatic rings. The third-order valence-electron chi connectivity index (χ3n) is 15.2. The molecule has 1 saturated heterocycles. The van der Waals surface area contributed by atoms with Gasteiger partial charge in [-0.3, -0.25) is 4.79 Å². The van der Waals surface area contributed by atoms with Crippen molar-refractivity contribution in [1.82, 2.24) is 5.32 Å². The molecule has 1 aliphatic heterocycles. The highest BCUT2D eigenvalue weighted by Gasteiger charge is 2.44. The maximum atomic E-state index is 13.1. The maximum Gasteiger partial charge on any atom is 0.220 e. The lowest BCUT2D eigenvalue weighted by molar-refractivity contribution is -0.302. The average molecular weight is 1090 g/mol. The van der Waals surface area contributed by atoms with E-state index in [-0.39, 0.29) is 12.5 Å². The van der Waals surface area contributed by atoms with E-state index in [1.807, 2.05) is 6.08 Å². The van der Waals surface area contributed by atoms with E-state index < -0.39 is 49.5 Å². The summed E-state index contributed by atoms with van der Waals surface area (Å²) >= 11 is 0. The Bertz CT molecular complexity index is 1500. The van der Waals surface area contributed by atoms with Gasteiger partial charge in [0.1, 0.15) is 24.4 Å². The second kappa shape index (κ2) is 57.6. The molecule has 452 valence electrons. The highest BCUT2D eigenvalue weighted by molar-refractivity contribution is 5.76. The van der Waals surface area contributed by atoms with Crippen LogP contribution in [0.2, 0.25) is 0 Å². The largest absolute Gasteiger partial charge is 0.394 e. The van der Waals surface area contributed by atoms with Crippen LogP contribution in [0.1, 0.15) is 290 Å². The summed E-state index contributed by atoms with van der Waals surface area (Å²) in [6.45, 7) is 3.65. The first kappa shape index (κ1) is 73.4. The Kier molecular flexibility index (Phi) is 54.2. The first-order chi connectivity index (χ1) is 38.3. The van der Waals surface area contributed by atoms with Crippen LogP contribution in [0.3, 0.4) is 0 Å². The van der Waals surface area contributed by atoms with Gasteiger partial charge in [-0.15, -0.1) is 0 Å². The van der Waals surface area contributed by atoms with E-state index in [4.69, 9.17) is 9.47 Å². The van der Waals surface area contributed by atoms with Gasteiger partial charge in [0.25, 0.3) is 0 Å². The first-order valence-corrected chi connectivity index (χ1v) is 32.8. The molecule has 1 heterocycles. The van der Waals surface area contributed by atoms with Crippen LogP contribution < -0.4 is 5.32 Å². The van der Waals surface area contributed by atoms with Gasteiger partial charge in [0.05, 0.1) is 25.4 Å². The van der Waals surface area contributed by atoms with Gasteiger partial charge < -0.3 is 40.3 Å². The molecule has 0 radical (unpaired) electrons. The Hall–Kier alpha value is -2.63. The van der Waals surface area contributed by atoms with Crippen molar-refractivity contribution in [2.75, 3.05) is 13.2 Å². The molecule has 0 aromatic carbocycles. The summed E-state index contributed by atoms with van der Waals surface area (Å²) in [6, 6.07) is -0.829. The Morgan fingerprint density at radius 1 is 0.449 bits per heavy atom. The molecule has 1 amide bonds. The number of carbonyl (C=O) groups is 1. The van der Waals surface area contributed by atoms with E-state index in [9.17, 15) is 30.3 Å². The molecule has 0 spiro atoms. The number of aliphatic hydroxyl groups is 5. The third kappa shape index (κ3) is 46.0. The van der Waals surface area contributed by atoms with Crippen LogP contribution in [-0.2, 0) is 14.3 Å². The molecule has 7 unspecified atom stereocenters. The highest BCUT2D eigenvalue weighted by Crippen LogP contribution is 2.23. The fourth-order valence-electron chi connectivity index (χ4n) is 10.1. The van der Waals surface area contributed by atoms with Gasteiger partial charge in [-0.1, -0.05) is 285 Å². The van der Waals surface area contributed by atoms with Gasteiger partial charge >= 0.3 is 0 Å². The minimum absolute atomic E-state index is 0.188. The second-order valence-electron chi connectivity index (χ2n) is 22.5. The van der Waals surface area contributed by atoms with Crippen LogP contribution in [0.4, 0.5) is 0 Å². The van der Waals surface area contributed by atoms with Crippen molar-refractivity contribution in [2.45, 2.75) is 333 Å². The van der Waals surface area contributed by atoms with Gasteiger partial charge in [-0.25, -0.2) is 0 Å². The van der Waals surface area contributed by atoms with Crippen LogP contribution in [-0.4, -0.2) is 87.5 Å². The maximum absolute atomic E-state index is 13.1. The molecule has 1 rings (SSSR count). The number of unbranched alkanes of at least 4 members (excludes halogenated alkanes) is 34. The van der Waals surface area contributed by atoms with Crippen molar-refractivity contribution < 1.29 is 39.8 Å². The molecule has 0 aliphatic carbocycles. The number of rotatable bonds is 56. The Balaban J connectivity index is 2.07. The van der Waals surface area contributed by atoms with Crippen LogP contribution in [0.5, 0.6) is 0 Å². The standard InChI is InChI=1S/C69H123NO8/c1-3-5-7-9-11-13-15-17-19-21-22-23-24-25-26-27-28-29-30-31-32-33-34-35-36-37-38-39-40-41-42-43-45-47-49-51-53-55-57-59-65(73)70-62(61-77-69-68(76)67(75)66(74)64(60-71)78-69)63(72)58-56-54-52-50-48-46-44-20-18-16-14-12-10-8-6-4-2/h5,7,11,13,17-20,22-23,48,50,56,58,62-64,66-69,71-72,74-76H,3-4,6,8-10,12,14-16,21,24-47,49,51-55,57,59-61H2,1-2H3,(H,70,73)/b7-5-,13-11-,19-17-,20-18+,23-22-,50-48+,58-56+. The lowest BCUT2D eigenvalue weighted by Gasteiger charge is -2.40. The molecule has 9 nitrogen and oxygen atoms in total. The Labute approximate surface area is 480 Å². The second-order valence-corrected chi connectivity index (χ2v) is 22.5. The number of amides is 1. The predicted octanol–water partition coefficient (Wildman–Crippen LogP) is 17.4. The molecule has 6 N–H and O–H groups in total. The molecule has 9 heteroatoms. The predicted molar refractivity (Wildman–Crippen MR) is 332 cm³/mol. The minimum Gasteiger partial charge on any atom is -0.394 e. The van der Waals surface area contributed by atoms with E-state index in [2.05, 4.69) is 92.1 Å². The number of carbonyl (C=O) groups excluding carboxylic acids is 1. The van der Waals surface area contributed by atoms with Gasteiger partial charge in [0.15, 0.2) is 6.29 Å². The zero-order valence-corrected chi connectivity index (χ0v) is 50.4. The van der Waals surface area contributed by atoms with Crippen molar-refractivity contribution in [3.63, 3.8) is 0 Å². The summed E-state index contributed by atoms with van der Waals surface area (Å²) in [4.78, 5) is 13.1. The first-order valence-electron chi connectivity index (χ1n) is 32.8. The lowest BCUT2D eigenvalue weighted by atomic mass is 9.99. The number of nitrogens with one attached hydrogen (secondary N) is 1. The quantitative estimate of drug-likeness (QED) is 0.0261. The van der Waals surface area contributed by atoms with E-state index in [0.717, 1.165) is 77.0 Å². The third-order valence-corrected chi connectivity index (χ3v) is 15.2.